The van der Waals surface area contributed by atoms with Gasteiger partial charge in [-0.25, -0.2) is 0 Å². The number of rotatable bonds is 1. The first-order chi connectivity index (χ1) is 5.95. The van der Waals surface area contributed by atoms with Gasteiger partial charge in [-0.1, -0.05) is 11.6 Å². The average Bonchev–Trinajstić information content (AvgIpc) is 2.03. The Morgan fingerprint density at radius 2 is 2.00 bits per heavy atom. The first kappa shape index (κ1) is 13.3. The van der Waals surface area contributed by atoms with Crippen LogP contribution in [0.4, 0.5) is 5.69 Å². The highest BCUT2D eigenvalue weighted by Gasteiger charge is 2.18. The number of nitrogens with zero attached hydrogens (tertiary/aromatic N) is 2. The van der Waals surface area contributed by atoms with Gasteiger partial charge < -0.3 is 17.0 Å². The van der Waals surface area contributed by atoms with E-state index in [4.69, 9.17) is 21.5 Å². The molecule has 1 N–H and O–H groups in total. The van der Waals surface area contributed by atoms with Crippen LogP contribution in [0.25, 0.3) is 4.98 Å². The highest BCUT2D eigenvalue weighted by atomic mass is 79.9. The fourth-order valence-corrected chi connectivity index (χ4v) is 1.75. The van der Waals surface area contributed by atoms with Crippen LogP contribution in [-0.4, -0.2) is 13.0 Å². The Kier molecular flexibility index (Phi) is 4.48. The fraction of sp³-hybridized carbons (Fsp3) is 0. The summed E-state index contributed by atoms with van der Waals surface area (Å²) in [4.78, 5) is 2.27. The van der Waals surface area contributed by atoms with Gasteiger partial charge >= 0.3 is 5.69 Å². The molecule has 0 heterocycles. The molecule has 1 aromatic rings. The average molecular weight is 300 g/mol. The molecule has 0 saturated heterocycles. The van der Waals surface area contributed by atoms with Gasteiger partial charge in [0, 0.05) is 6.07 Å². The van der Waals surface area contributed by atoms with Crippen LogP contribution >= 0.6 is 11.6 Å². The number of hydrogen-bond acceptors (Lipinski definition) is 3. The van der Waals surface area contributed by atoms with E-state index in [1.54, 1.807) is 0 Å². The van der Waals surface area contributed by atoms with Crippen molar-refractivity contribution in [2.75, 3.05) is 0 Å². The van der Waals surface area contributed by atoms with Crippen LogP contribution < -0.4 is 17.0 Å². The first-order valence-corrected chi connectivity index (χ1v) is 4.89. The molecule has 0 aromatic heterocycles. The van der Waals surface area contributed by atoms with Gasteiger partial charge in [0.1, 0.15) is 4.90 Å². The fourth-order valence-electron chi connectivity index (χ4n) is 0.752. The molecule has 0 aliphatic rings. The van der Waals surface area contributed by atoms with Gasteiger partial charge in [0.2, 0.25) is 5.39 Å². The van der Waals surface area contributed by atoms with Crippen molar-refractivity contribution in [1.82, 2.24) is 0 Å². The van der Waals surface area contributed by atoms with E-state index in [1.807, 2.05) is 0 Å². The molecule has 0 aliphatic carbocycles. The molecule has 14 heavy (non-hydrogen) atoms. The van der Waals surface area contributed by atoms with Crippen LogP contribution in [0.1, 0.15) is 0 Å². The van der Waals surface area contributed by atoms with Crippen molar-refractivity contribution in [3.8, 4) is 0 Å². The van der Waals surface area contributed by atoms with Gasteiger partial charge in [-0.3, -0.25) is 4.55 Å². The zero-order chi connectivity index (χ0) is 10.1. The van der Waals surface area contributed by atoms with Crippen LogP contribution in [0.2, 0.25) is 5.02 Å². The Balaban J connectivity index is 0.00000169. The molecule has 76 valence electrons. The van der Waals surface area contributed by atoms with Crippen molar-refractivity contribution in [2.45, 2.75) is 4.90 Å². The number of diazo groups is 1. The third kappa shape index (κ3) is 2.92. The summed E-state index contributed by atoms with van der Waals surface area (Å²) in [5, 5.41) is 8.19. The van der Waals surface area contributed by atoms with Crippen molar-refractivity contribution < 1.29 is 30.0 Å². The minimum atomic E-state index is -4.37. The third-order valence-electron chi connectivity index (χ3n) is 1.31. The molecule has 0 amide bonds. The second kappa shape index (κ2) is 4.70. The van der Waals surface area contributed by atoms with Crippen molar-refractivity contribution in [3.05, 3.63) is 28.2 Å². The maximum Gasteiger partial charge on any atom is 0.386 e. The van der Waals surface area contributed by atoms with Crippen LogP contribution in [0.3, 0.4) is 0 Å². The van der Waals surface area contributed by atoms with Crippen LogP contribution in [0, 0.1) is 5.39 Å². The number of benzene rings is 1. The SMILES string of the molecule is N#[N+]c1ccc(Cl)c(S(=O)(=O)O)c1.[Br-]. The van der Waals surface area contributed by atoms with E-state index in [0.717, 1.165) is 6.07 Å². The summed E-state index contributed by atoms with van der Waals surface area (Å²) in [7, 11) is -4.37. The van der Waals surface area contributed by atoms with Gasteiger partial charge in [-0.05, 0) is 6.07 Å². The second-order valence-electron chi connectivity index (χ2n) is 2.19. The predicted octanol–water partition coefficient (Wildman–Crippen LogP) is -0.925. The molecule has 0 fully saturated rings. The topological polar surface area (TPSA) is 82.5 Å². The lowest BCUT2D eigenvalue weighted by molar-refractivity contribution is -0.00000694. The molecule has 5 nitrogen and oxygen atoms in total. The Labute approximate surface area is 95.8 Å². The standard InChI is InChI=1S/C6H3ClN2O3S.BrH/c7-5-2-1-4(9-8)3-6(5)13(10,11)12;/h1-3H;1H. The molecular formula is C6H4BrClN2O3S. The summed E-state index contributed by atoms with van der Waals surface area (Å²) in [6, 6.07) is 3.47. The molecule has 0 atom stereocenters. The van der Waals surface area contributed by atoms with E-state index in [1.165, 1.54) is 12.1 Å². The van der Waals surface area contributed by atoms with Crippen molar-refractivity contribution in [1.29, 1.82) is 5.39 Å². The third-order valence-corrected chi connectivity index (χ3v) is 2.64. The summed E-state index contributed by atoms with van der Waals surface area (Å²) in [5.41, 5.74) is -0.00275. The van der Waals surface area contributed by atoms with E-state index in [2.05, 4.69) is 4.98 Å². The van der Waals surface area contributed by atoms with Crippen molar-refractivity contribution >= 4 is 27.4 Å². The zero-order valence-corrected chi connectivity index (χ0v) is 9.71. The molecule has 0 bridgehead atoms. The molecular weight excluding hydrogens is 296 g/mol. The number of hydrogen-bond donors (Lipinski definition) is 1. The number of halogens is 2. The van der Waals surface area contributed by atoms with Gasteiger partial charge in [-0.2, -0.15) is 8.42 Å². The summed E-state index contributed by atoms with van der Waals surface area (Å²) < 4.78 is 30.0. The Hall–Kier alpha value is -0.680. The van der Waals surface area contributed by atoms with E-state index >= 15 is 0 Å². The second-order valence-corrected chi connectivity index (χ2v) is 3.99. The summed E-state index contributed by atoms with van der Waals surface area (Å²) >= 11 is 5.48. The molecule has 0 aliphatic heterocycles. The molecule has 0 unspecified atom stereocenters. The first-order valence-electron chi connectivity index (χ1n) is 3.07. The Morgan fingerprint density at radius 3 is 2.43 bits per heavy atom. The van der Waals surface area contributed by atoms with Crippen LogP contribution in [0.5, 0.6) is 0 Å². The Bertz CT molecular complexity index is 482. The molecule has 1 aromatic carbocycles. The van der Waals surface area contributed by atoms with Crippen LogP contribution in [0.15, 0.2) is 23.1 Å². The summed E-state index contributed by atoms with van der Waals surface area (Å²) in [6.45, 7) is 0. The normalized spacial score (nSPS) is 10.1. The van der Waals surface area contributed by atoms with Gasteiger partial charge in [0.15, 0.2) is 4.98 Å². The minimum Gasteiger partial charge on any atom is -1.00 e. The van der Waals surface area contributed by atoms with Crippen LogP contribution in [-0.2, 0) is 10.1 Å². The molecule has 0 spiro atoms. The highest BCUT2D eigenvalue weighted by molar-refractivity contribution is 7.86. The highest BCUT2D eigenvalue weighted by Crippen LogP contribution is 2.25. The zero-order valence-electron chi connectivity index (χ0n) is 6.55. The monoisotopic (exact) mass is 298 g/mol. The maximum atomic E-state index is 10.7. The van der Waals surface area contributed by atoms with E-state index in [9.17, 15) is 8.42 Å². The lowest BCUT2D eigenvalue weighted by atomic mass is 10.3. The van der Waals surface area contributed by atoms with Crippen molar-refractivity contribution in [2.24, 2.45) is 0 Å². The van der Waals surface area contributed by atoms with Gasteiger partial charge in [-0.15, -0.1) is 0 Å². The van der Waals surface area contributed by atoms with Gasteiger partial charge in [0.05, 0.1) is 11.1 Å². The van der Waals surface area contributed by atoms with Gasteiger partial charge in [0.25, 0.3) is 10.1 Å². The molecule has 8 heteroatoms. The largest absolute Gasteiger partial charge is 1.00 e. The summed E-state index contributed by atoms with van der Waals surface area (Å²) in [5.74, 6) is 0. The lowest BCUT2D eigenvalue weighted by Crippen LogP contribution is -3.00. The van der Waals surface area contributed by atoms with Crippen molar-refractivity contribution in [3.63, 3.8) is 0 Å². The maximum absolute atomic E-state index is 10.7. The summed E-state index contributed by atoms with van der Waals surface area (Å²) in [6.07, 6.45) is 0. The predicted molar refractivity (Wildman–Crippen MR) is 46.0 cm³/mol. The smallest absolute Gasteiger partial charge is 0.386 e. The molecule has 0 saturated carbocycles. The lowest BCUT2D eigenvalue weighted by Gasteiger charge is -1.95. The minimum absolute atomic E-state index is 0. The Morgan fingerprint density at radius 1 is 1.43 bits per heavy atom. The van der Waals surface area contributed by atoms with E-state index < -0.39 is 15.0 Å². The van der Waals surface area contributed by atoms with E-state index in [0.29, 0.717) is 0 Å². The quantitative estimate of drug-likeness (QED) is 0.537. The molecule has 1 rings (SSSR count). The van der Waals surface area contributed by atoms with E-state index in [-0.39, 0.29) is 27.7 Å². The molecule has 0 radical (unpaired) electrons.